The SMILES string of the molecule is CCOC(=O)Cc1c(C)cc(C#N)cc1Cl. The Morgan fingerprint density at radius 3 is 2.75 bits per heavy atom. The largest absolute Gasteiger partial charge is 0.466 e. The molecule has 4 heteroatoms. The van der Waals surface area contributed by atoms with Crippen LogP contribution in [0.5, 0.6) is 0 Å². The van der Waals surface area contributed by atoms with E-state index in [0.29, 0.717) is 17.2 Å². The Bertz CT molecular complexity index is 426. The van der Waals surface area contributed by atoms with Gasteiger partial charge in [-0.25, -0.2) is 0 Å². The molecule has 0 saturated carbocycles. The maximum absolute atomic E-state index is 11.3. The number of aryl methyl sites for hydroxylation is 1. The highest BCUT2D eigenvalue weighted by Gasteiger charge is 2.11. The summed E-state index contributed by atoms with van der Waals surface area (Å²) < 4.78 is 4.85. The number of nitrogens with zero attached hydrogens (tertiary/aromatic N) is 1. The third-order valence-corrected chi connectivity index (χ3v) is 2.51. The Hall–Kier alpha value is -1.53. The third-order valence-electron chi connectivity index (χ3n) is 2.17. The molecule has 1 aromatic rings. The van der Waals surface area contributed by atoms with E-state index in [1.54, 1.807) is 19.1 Å². The van der Waals surface area contributed by atoms with E-state index in [9.17, 15) is 4.79 Å². The van der Waals surface area contributed by atoms with Crippen molar-refractivity contribution >= 4 is 17.6 Å². The van der Waals surface area contributed by atoms with Gasteiger partial charge in [0.15, 0.2) is 0 Å². The summed E-state index contributed by atoms with van der Waals surface area (Å²) in [7, 11) is 0. The van der Waals surface area contributed by atoms with E-state index < -0.39 is 0 Å². The lowest BCUT2D eigenvalue weighted by atomic mass is 10.0. The van der Waals surface area contributed by atoms with Crippen molar-refractivity contribution in [2.45, 2.75) is 20.3 Å². The fourth-order valence-corrected chi connectivity index (χ4v) is 1.75. The average Bonchev–Trinajstić information content (AvgIpc) is 2.23. The van der Waals surface area contributed by atoms with Crippen LogP contribution in [0.25, 0.3) is 0 Å². The number of rotatable bonds is 3. The average molecular weight is 238 g/mol. The molecule has 0 radical (unpaired) electrons. The minimum absolute atomic E-state index is 0.143. The smallest absolute Gasteiger partial charge is 0.310 e. The van der Waals surface area contributed by atoms with Gasteiger partial charge in [-0.2, -0.15) is 5.26 Å². The van der Waals surface area contributed by atoms with Crippen LogP contribution in [-0.2, 0) is 16.0 Å². The van der Waals surface area contributed by atoms with E-state index in [1.165, 1.54) is 0 Å². The van der Waals surface area contributed by atoms with Gasteiger partial charge in [-0.1, -0.05) is 11.6 Å². The van der Waals surface area contributed by atoms with Gasteiger partial charge in [-0.15, -0.1) is 0 Å². The van der Waals surface area contributed by atoms with Gasteiger partial charge in [0.05, 0.1) is 24.7 Å². The van der Waals surface area contributed by atoms with E-state index in [-0.39, 0.29) is 12.4 Å². The van der Waals surface area contributed by atoms with Gasteiger partial charge in [0, 0.05) is 5.02 Å². The zero-order chi connectivity index (χ0) is 12.1. The number of esters is 1. The summed E-state index contributed by atoms with van der Waals surface area (Å²) in [5, 5.41) is 9.18. The molecule has 0 spiro atoms. The van der Waals surface area contributed by atoms with Crippen LogP contribution in [0.4, 0.5) is 0 Å². The zero-order valence-electron chi connectivity index (χ0n) is 9.21. The summed E-state index contributed by atoms with van der Waals surface area (Å²) in [6.07, 6.45) is 0.143. The second kappa shape index (κ2) is 5.53. The molecular weight excluding hydrogens is 226 g/mol. The van der Waals surface area contributed by atoms with Crippen molar-refractivity contribution in [3.8, 4) is 6.07 Å². The molecule has 0 aliphatic rings. The van der Waals surface area contributed by atoms with Crippen LogP contribution in [0.15, 0.2) is 12.1 Å². The van der Waals surface area contributed by atoms with Crippen molar-refractivity contribution in [1.82, 2.24) is 0 Å². The van der Waals surface area contributed by atoms with Gasteiger partial charge in [-0.3, -0.25) is 4.79 Å². The van der Waals surface area contributed by atoms with Gasteiger partial charge in [0.25, 0.3) is 0 Å². The molecule has 0 aromatic heterocycles. The first-order valence-electron chi connectivity index (χ1n) is 4.93. The number of carbonyl (C=O) groups excluding carboxylic acids is 1. The first-order valence-corrected chi connectivity index (χ1v) is 5.31. The van der Waals surface area contributed by atoms with Crippen LogP contribution in [-0.4, -0.2) is 12.6 Å². The Morgan fingerprint density at radius 1 is 1.56 bits per heavy atom. The second-order valence-electron chi connectivity index (χ2n) is 3.35. The second-order valence-corrected chi connectivity index (χ2v) is 3.75. The number of ether oxygens (including phenoxy) is 1. The van der Waals surface area contributed by atoms with E-state index in [1.807, 2.05) is 13.0 Å². The van der Waals surface area contributed by atoms with E-state index >= 15 is 0 Å². The predicted octanol–water partition coefficient (Wildman–Crippen LogP) is 2.63. The molecule has 0 bridgehead atoms. The fraction of sp³-hybridized carbons (Fsp3) is 0.333. The minimum atomic E-state index is -0.308. The Balaban J connectivity index is 2.98. The number of benzene rings is 1. The van der Waals surface area contributed by atoms with Crippen molar-refractivity contribution in [1.29, 1.82) is 5.26 Å². The van der Waals surface area contributed by atoms with Gasteiger partial charge >= 0.3 is 5.97 Å². The maximum Gasteiger partial charge on any atom is 0.310 e. The summed E-state index contributed by atoms with van der Waals surface area (Å²) in [5.41, 5.74) is 2.05. The first-order chi connectivity index (χ1) is 7.58. The highest BCUT2D eigenvalue weighted by molar-refractivity contribution is 6.31. The highest BCUT2D eigenvalue weighted by Crippen LogP contribution is 2.22. The Labute approximate surface area is 99.6 Å². The third kappa shape index (κ3) is 2.98. The first kappa shape index (κ1) is 12.5. The summed E-state index contributed by atoms with van der Waals surface area (Å²) in [5.74, 6) is -0.308. The van der Waals surface area contributed by atoms with Crippen LogP contribution in [0.3, 0.4) is 0 Å². The van der Waals surface area contributed by atoms with Crippen LogP contribution in [0.2, 0.25) is 5.02 Å². The lowest BCUT2D eigenvalue weighted by Crippen LogP contribution is -2.09. The molecule has 0 saturated heterocycles. The molecule has 0 amide bonds. The molecule has 0 aliphatic heterocycles. The van der Waals surface area contributed by atoms with Crippen molar-refractivity contribution in [3.05, 3.63) is 33.8 Å². The molecule has 0 aliphatic carbocycles. The molecule has 3 nitrogen and oxygen atoms in total. The molecule has 0 fully saturated rings. The lowest BCUT2D eigenvalue weighted by molar-refractivity contribution is -0.142. The molecule has 84 valence electrons. The fourth-order valence-electron chi connectivity index (χ4n) is 1.42. The zero-order valence-corrected chi connectivity index (χ0v) is 9.97. The Morgan fingerprint density at radius 2 is 2.25 bits per heavy atom. The van der Waals surface area contributed by atoms with Crippen molar-refractivity contribution < 1.29 is 9.53 Å². The molecule has 0 atom stereocenters. The van der Waals surface area contributed by atoms with Crippen molar-refractivity contribution in [3.63, 3.8) is 0 Å². The summed E-state index contributed by atoms with van der Waals surface area (Å²) >= 11 is 6.00. The molecule has 0 N–H and O–H groups in total. The number of hydrogen-bond acceptors (Lipinski definition) is 3. The molecule has 16 heavy (non-hydrogen) atoms. The van der Waals surface area contributed by atoms with E-state index in [0.717, 1.165) is 11.1 Å². The van der Waals surface area contributed by atoms with Crippen LogP contribution >= 0.6 is 11.6 Å². The molecule has 1 rings (SSSR count). The quantitative estimate of drug-likeness (QED) is 0.760. The van der Waals surface area contributed by atoms with Crippen LogP contribution in [0.1, 0.15) is 23.6 Å². The summed E-state index contributed by atoms with van der Waals surface area (Å²) in [6.45, 7) is 3.93. The number of hydrogen-bond donors (Lipinski definition) is 0. The van der Waals surface area contributed by atoms with Crippen LogP contribution < -0.4 is 0 Å². The van der Waals surface area contributed by atoms with Crippen molar-refractivity contribution in [2.24, 2.45) is 0 Å². The standard InChI is InChI=1S/C12H12ClNO2/c1-3-16-12(15)6-10-8(2)4-9(7-14)5-11(10)13/h4-5H,3,6H2,1-2H3. The predicted molar refractivity (Wildman–Crippen MR) is 61.2 cm³/mol. The lowest BCUT2D eigenvalue weighted by Gasteiger charge is -2.08. The number of carbonyl (C=O) groups is 1. The molecule has 1 aromatic carbocycles. The number of nitriles is 1. The summed E-state index contributed by atoms with van der Waals surface area (Å²) in [4.78, 5) is 11.3. The van der Waals surface area contributed by atoms with Crippen molar-refractivity contribution in [2.75, 3.05) is 6.61 Å². The monoisotopic (exact) mass is 237 g/mol. The molecular formula is C12H12ClNO2. The maximum atomic E-state index is 11.3. The minimum Gasteiger partial charge on any atom is -0.466 e. The van der Waals surface area contributed by atoms with Gasteiger partial charge in [-0.05, 0) is 37.1 Å². The van der Waals surface area contributed by atoms with E-state index in [2.05, 4.69) is 0 Å². The number of halogens is 1. The van der Waals surface area contributed by atoms with Gasteiger partial charge in [0.1, 0.15) is 0 Å². The topological polar surface area (TPSA) is 50.1 Å². The summed E-state index contributed by atoms with van der Waals surface area (Å²) in [6, 6.07) is 5.28. The Kier molecular flexibility index (Phi) is 4.33. The van der Waals surface area contributed by atoms with Crippen LogP contribution in [0, 0.1) is 18.3 Å². The van der Waals surface area contributed by atoms with E-state index in [4.69, 9.17) is 21.6 Å². The van der Waals surface area contributed by atoms with Gasteiger partial charge in [0.2, 0.25) is 0 Å². The molecule has 0 heterocycles. The highest BCUT2D eigenvalue weighted by atomic mass is 35.5. The van der Waals surface area contributed by atoms with Gasteiger partial charge < -0.3 is 4.74 Å². The molecule has 0 unspecified atom stereocenters. The normalized spacial score (nSPS) is 9.62.